The third kappa shape index (κ3) is 3.46. The summed E-state index contributed by atoms with van der Waals surface area (Å²) in [6.45, 7) is 2.02. The van der Waals surface area contributed by atoms with Crippen LogP contribution in [0.5, 0.6) is 0 Å². The summed E-state index contributed by atoms with van der Waals surface area (Å²) in [6, 6.07) is 14.2. The Labute approximate surface area is 174 Å². The summed E-state index contributed by atoms with van der Waals surface area (Å²) in [6.07, 6.45) is 4.06. The molecule has 0 saturated carbocycles. The van der Waals surface area contributed by atoms with Gasteiger partial charge in [-0.15, -0.1) is 32.9 Å². The van der Waals surface area contributed by atoms with Crippen molar-refractivity contribution in [2.45, 2.75) is 17.7 Å². The van der Waals surface area contributed by atoms with Crippen molar-refractivity contribution >= 4 is 40.1 Å². The van der Waals surface area contributed by atoms with Crippen LogP contribution >= 0.6 is 34.4 Å². The quantitative estimate of drug-likeness (QED) is 0.347. The predicted molar refractivity (Wildman–Crippen MR) is 116 cm³/mol. The lowest BCUT2D eigenvalue weighted by Gasteiger charge is -2.00. The molecule has 0 unspecified atom stereocenters. The molecule has 0 amide bonds. The second-order valence-corrected chi connectivity index (χ2v) is 9.10. The van der Waals surface area contributed by atoms with Gasteiger partial charge in [0.05, 0.1) is 21.1 Å². The molecule has 0 radical (unpaired) electrons. The van der Waals surface area contributed by atoms with E-state index in [-0.39, 0.29) is 0 Å². The molecule has 0 aliphatic carbocycles. The molecule has 0 fully saturated rings. The molecule has 5 aromatic heterocycles. The molecule has 5 nitrogen and oxygen atoms in total. The van der Waals surface area contributed by atoms with Gasteiger partial charge in [-0.3, -0.25) is 0 Å². The normalized spacial score (nSPS) is 11.3. The number of fused-ring (bicyclic) bond motifs is 1. The minimum absolute atomic E-state index is 0.762. The molecule has 5 heterocycles. The lowest BCUT2D eigenvalue weighted by molar-refractivity contribution is 0.935. The van der Waals surface area contributed by atoms with E-state index in [2.05, 4.69) is 32.8 Å². The van der Waals surface area contributed by atoms with Gasteiger partial charge in [-0.05, 0) is 42.6 Å². The van der Waals surface area contributed by atoms with E-state index < -0.39 is 0 Å². The van der Waals surface area contributed by atoms with Crippen molar-refractivity contribution in [2.75, 3.05) is 0 Å². The molecule has 0 bridgehead atoms. The number of hydrogen-bond donors (Lipinski definition) is 0. The van der Waals surface area contributed by atoms with Crippen molar-refractivity contribution in [1.29, 1.82) is 0 Å². The number of aryl methyl sites for hydroxylation is 1. The van der Waals surface area contributed by atoms with Gasteiger partial charge in [-0.25, -0.2) is 9.97 Å². The molecule has 0 saturated heterocycles. The number of hydrogen-bond acceptors (Lipinski definition) is 7. The Kier molecular flexibility index (Phi) is 4.67. The maximum absolute atomic E-state index is 4.69. The molecule has 5 rings (SSSR count). The van der Waals surface area contributed by atoms with Crippen LogP contribution < -0.4 is 0 Å². The van der Waals surface area contributed by atoms with Gasteiger partial charge in [0.15, 0.2) is 0 Å². The second kappa shape index (κ2) is 7.46. The van der Waals surface area contributed by atoms with Crippen molar-refractivity contribution in [3.05, 3.63) is 71.6 Å². The third-order valence-electron chi connectivity index (χ3n) is 4.18. The van der Waals surface area contributed by atoms with Gasteiger partial charge < -0.3 is 4.40 Å². The summed E-state index contributed by atoms with van der Waals surface area (Å²) in [4.78, 5) is 11.6. The van der Waals surface area contributed by atoms with Crippen LogP contribution in [0, 0.1) is 6.92 Å². The Balaban J connectivity index is 1.32. The van der Waals surface area contributed by atoms with Crippen LogP contribution in [-0.2, 0) is 5.75 Å². The first-order valence-electron chi connectivity index (χ1n) is 8.67. The van der Waals surface area contributed by atoms with Crippen LogP contribution in [0.3, 0.4) is 0 Å². The summed E-state index contributed by atoms with van der Waals surface area (Å²) in [5, 5.41) is 12.8. The summed E-state index contributed by atoms with van der Waals surface area (Å²) in [7, 11) is 0. The van der Waals surface area contributed by atoms with Crippen molar-refractivity contribution < 1.29 is 0 Å². The van der Waals surface area contributed by atoms with E-state index in [4.69, 9.17) is 4.98 Å². The maximum atomic E-state index is 4.69. The molecule has 0 spiro atoms. The van der Waals surface area contributed by atoms with Gasteiger partial charge in [0.1, 0.15) is 21.4 Å². The first-order valence-corrected chi connectivity index (χ1v) is 11.4. The number of thiophene rings is 1. The number of imidazole rings is 1. The zero-order chi connectivity index (χ0) is 18.9. The summed E-state index contributed by atoms with van der Waals surface area (Å²) >= 11 is 5.01. The molecule has 28 heavy (non-hydrogen) atoms. The van der Waals surface area contributed by atoms with Gasteiger partial charge in [0.25, 0.3) is 0 Å². The lowest BCUT2D eigenvalue weighted by Crippen LogP contribution is -1.90. The fourth-order valence-corrected chi connectivity index (χ4v) is 5.39. The van der Waals surface area contributed by atoms with Crippen LogP contribution in [0.25, 0.3) is 26.1 Å². The third-order valence-corrected chi connectivity index (χ3v) is 7.36. The molecule has 0 aromatic carbocycles. The molecule has 0 N–H and O–H groups in total. The van der Waals surface area contributed by atoms with Gasteiger partial charge in [0, 0.05) is 18.1 Å². The number of thioether (sulfide) groups is 1. The SMILES string of the molecule is Cc1nc(-c2cccs2)sc1-c1ccc(SCc2cn3ccccc3n2)nn1. The first kappa shape index (κ1) is 17.5. The molecule has 0 aliphatic rings. The highest BCUT2D eigenvalue weighted by Crippen LogP contribution is 2.36. The van der Waals surface area contributed by atoms with E-state index >= 15 is 0 Å². The Bertz CT molecular complexity index is 1190. The Morgan fingerprint density at radius 1 is 1.04 bits per heavy atom. The Morgan fingerprint density at radius 3 is 2.79 bits per heavy atom. The zero-order valence-corrected chi connectivity index (χ0v) is 17.4. The highest BCUT2D eigenvalue weighted by Gasteiger charge is 2.13. The van der Waals surface area contributed by atoms with Crippen LogP contribution in [0.2, 0.25) is 0 Å². The van der Waals surface area contributed by atoms with Gasteiger partial charge in [-0.1, -0.05) is 23.9 Å². The van der Waals surface area contributed by atoms with Gasteiger partial charge >= 0.3 is 0 Å². The minimum atomic E-state index is 0.762. The number of rotatable bonds is 5. The van der Waals surface area contributed by atoms with E-state index in [1.54, 1.807) is 34.4 Å². The maximum Gasteiger partial charge on any atom is 0.137 e. The topological polar surface area (TPSA) is 56.0 Å². The van der Waals surface area contributed by atoms with Crippen molar-refractivity contribution in [2.24, 2.45) is 0 Å². The van der Waals surface area contributed by atoms with Crippen molar-refractivity contribution in [1.82, 2.24) is 24.6 Å². The smallest absolute Gasteiger partial charge is 0.137 e. The van der Waals surface area contributed by atoms with Crippen LogP contribution in [0.15, 0.2) is 65.3 Å². The van der Waals surface area contributed by atoms with Crippen molar-refractivity contribution in [3.8, 4) is 20.5 Å². The summed E-state index contributed by atoms with van der Waals surface area (Å²) in [5.41, 5.74) is 3.85. The monoisotopic (exact) mass is 421 g/mol. The molecule has 0 atom stereocenters. The second-order valence-electron chi connectivity index (χ2n) is 6.15. The number of thiazole rings is 1. The van der Waals surface area contributed by atoms with Crippen LogP contribution in [0.4, 0.5) is 0 Å². The van der Waals surface area contributed by atoms with Gasteiger partial charge in [-0.2, -0.15) is 0 Å². The van der Waals surface area contributed by atoms with E-state index in [0.29, 0.717) is 0 Å². The Morgan fingerprint density at radius 2 is 2.00 bits per heavy atom. The summed E-state index contributed by atoms with van der Waals surface area (Å²) < 4.78 is 2.03. The zero-order valence-electron chi connectivity index (χ0n) is 14.9. The first-order chi connectivity index (χ1) is 13.8. The molecule has 8 heteroatoms. The van der Waals surface area contributed by atoms with Crippen molar-refractivity contribution in [3.63, 3.8) is 0 Å². The van der Waals surface area contributed by atoms with E-state index in [1.807, 2.05) is 53.9 Å². The molecule has 0 aliphatic heterocycles. The average molecular weight is 422 g/mol. The average Bonchev–Trinajstić information content (AvgIpc) is 3.46. The standard InChI is InChI=1S/C20H15N5S3/c1-13-19(28-20(21-13)16-5-4-10-26-16)15-7-8-18(24-23-15)27-12-14-11-25-9-3-2-6-17(25)22-14/h2-11H,12H2,1H3. The largest absolute Gasteiger partial charge is 0.307 e. The fourth-order valence-electron chi connectivity index (χ4n) is 2.86. The molecular weight excluding hydrogens is 406 g/mol. The number of pyridine rings is 1. The number of nitrogens with zero attached hydrogens (tertiary/aromatic N) is 5. The van der Waals surface area contributed by atoms with Crippen LogP contribution in [-0.4, -0.2) is 24.6 Å². The van der Waals surface area contributed by atoms with Gasteiger partial charge in [0.2, 0.25) is 0 Å². The van der Waals surface area contributed by atoms with E-state index in [1.165, 1.54) is 4.88 Å². The lowest BCUT2D eigenvalue weighted by atomic mass is 10.3. The predicted octanol–water partition coefficient (Wildman–Crippen LogP) is 5.58. The van der Waals surface area contributed by atoms with Crippen LogP contribution in [0.1, 0.15) is 11.4 Å². The fraction of sp³-hybridized carbons (Fsp3) is 0.100. The summed E-state index contributed by atoms with van der Waals surface area (Å²) in [5.74, 6) is 0.762. The number of aromatic nitrogens is 5. The Hall–Kier alpha value is -2.55. The molecule has 138 valence electrons. The minimum Gasteiger partial charge on any atom is -0.307 e. The highest BCUT2D eigenvalue weighted by molar-refractivity contribution is 7.98. The van der Waals surface area contributed by atoms with E-state index in [0.717, 1.165) is 43.4 Å². The molecule has 5 aromatic rings. The molecular formula is C20H15N5S3. The highest BCUT2D eigenvalue weighted by atomic mass is 32.2. The van der Waals surface area contributed by atoms with E-state index in [9.17, 15) is 0 Å².